The van der Waals surface area contributed by atoms with E-state index >= 15 is 0 Å². The van der Waals surface area contributed by atoms with Crippen LogP contribution < -0.4 is 4.74 Å². The first-order valence-electron chi connectivity index (χ1n) is 11.7. The molecule has 2 heterocycles. The summed E-state index contributed by atoms with van der Waals surface area (Å²) in [6.07, 6.45) is 8.58. The second kappa shape index (κ2) is 11.5. The second-order valence-electron chi connectivity index (χ2n) is 8.07. The van der Waals surface area contributed by atoms with Crippen LogP contribution in [-0.4, -0.2) is 38.1 Å². The van der Waals surface area contributed by atoms with Gasteiger partial charge < -0.3 is 4.74 Å². The van der Waals surface area contributed by atoms with Crippen molar-refractivity contribution in [1.82, 2.24) is 14.7 Å². The molecule has 1 aromatic heterocycles. The van der Waals surface area contributed by atoms with Crippen LogP contribution in [0.3, 0.4) is 0 Å². The van der Waals surface area contributed by atoms with E-state index in [1.165, 1.54) is 31.0 Å². The summed E-state index contributed by atoms with van der Waals surface area (Å²) < 4.78 is 8.34. The number of amides is 1. The van der Waals surface area contributed by atoms with Gasteiger partial charge in [-0.2, -0.15) is 5.10 Å². The molecular formula is C27H29N3O2S2. The average Bonchev–Trinajstić information content (AvgIpc) is 3.40. The normalized spacial score (nSPS) is 14.9. The summed E-state index contributed by atoms with van der Waals surface area (Å²) in [5.74, 6) is 0.802. The van der Waals surface area contributed by atoms with E-state index < -0.39 is 0 Å². The zero-order chi connectivity index (χ0) is 23.9. The Kier molecular flexibility index (Phi) is 8.19. The Balaban J connectivity index is 1.62. The molecule has 2 aromatic carbocycles. The molecule has 176 valence electrons. The SMILES string of the molecule is CCCCCCOc1ccc(-c2nn(-c3ccccc3)cc2/C=C2/SC(=S)N(CC)C2=O)cc1. The van der Waals surface area contributed by atoms with E-state index in [1.807, 2.05) is 78.5 Å². The fourth-order valence-corrected chi connectivity index (χ4v) is 5.15. The number of likely N-dealkylation sites (N-methyl/N-ethyl adjacent to an activating group) is 1. The molecule has 1 aliphatic heterocycles. The van der Waals surface area contributed by atoms with E-state index in [0.717, 1.165) is 41.3 Å². The lowest BCUT2D eigenvalue weighted by atomic mass is 10.1. The van der Waals surface area contributed by atoms with Crippen LogP contribution in [0.2, 0.25) is 0 Å². The summed E-state index contributed by atoms with van der Waals surface area (Å²) >= 11 is 6.72. The fraction of sp³-hybridized carbons (Fsp3) is 0.296. The zero-order valence-corrected chi connectivity index (χ0v) is 21.2. The third kappa shape index (κ3) is 5.59. The van der Waals surface area contributed by atoms with Crippen LogP contribution in [0.5, 0.6) is 5.75 Å². The molecule has 4 rings (SSSR count). The maximum Gasteiger partial charge on any atom is 0.266 e. The number of aromatic nitrogens is 2. The van der Waals surface area contributed by atoms with Gasteiger partial charge in [-0.1, -0.05) is 68.4 Å². The number of carbonyl (C=O) groups excluding carboxylic acids is 1. The van der Waals surface area contributed by atoms with Gasteiger partial charge in [0.1, 0.15) is 10.1 Å². The fourth-order valence-electron chi connectivity index (χ4n) is 3.77. The van der Waals surface area contributed by atoms with Crippen molar-refractivity contribution < 1.29 is 9.53 Å². The molecule has 0 N–H and O–H groups in total. The highest BCUT2D eigenvalue weighted by Gasteiger charge is 2.31. The van der Waals surface area contributed by atoms with E-state index in [-0.39, 0.29) is 5.91 Å². The summed E-state index contributed by atoms with van der Waals surface area (Å²) in [5, 5.41) is 4.87. The first-order valence-corrected chi connectivity index (χ1v) is 13.0. The number of para-hydroxylation sites is 1. The van der Waals surface area contributed by atoms with Crippen molar-refractivity contribution in [2.24, 2.45) is 0 Å². The van der Waals surface area contributed by atoms with Crippen LogP contribution >= 0.6 is 24.0 Å². The number of rotatable bonds is 10. The van der Waals surface area contributed by atoms with Crippen molar-refractivity contribution in [3.05, 3.63) is 71.3 Å². The lowest BCUT2D eigenvalue weighted by Gasteiger charge is -2.09. The minimum absolute atomic E-state index is 0.0530. The lowest BCUT2D eigenvalue weighted by Crippen LogP contribution is -2.27. The highest BCUT2D eigenvalue weighted by Crippen LogP contribution is 2.35. The second-order valence-corrected chi connectivity index (χ2v) is 9.75. The van der Waals surface area contributed by atoms with Crippen LogP contribution in [0.4, 0.5) is 0 Å². The highest BCUT2D eigenvalue weighted by molar-refractivity contribution is 8.26. The van der Waals surface area contributed by atoms with Gasteiger partial charge in [0.25, 0.3) is 5.91 Å². The smallest absolute Gasteiger partial charge is 0.266 e. The third-order valence-corrected chi connectivity index (χ3v) is 7.01. The number of carbonyl (C=O) groups is 1. The number of benzene rings is 2. The summed E-state index contributed by atoms with van der Waals surface area (Å²) in [6, 6.07) is 18.0. The molecule has 0 bridgehead atoms. The van der Waals surface area contributed by atoms with E-state index in [9.17, 15) is 4.79 Å². The van der Waals surface area contributed by atoms with Crippen LogP contribution in [0.1, 0.15) is 45.1 Å². The van der Waals surface area contributed by atoms with E-state index in [0.29, 0.717) is 15.8 Å². The van der Waals surface area contributed by atoms with Crippen LogP contribution in [0.15, 0.2) is 65.7 Å². The first-order chi connectivity index (χ1) is 16.6. The van der Waals surface area contributed by atoms with Crippen molar-refractivity contribution in [1.29, 1.82) is 0 Å². The monoisotopic (exact) mass is 491 g/mol. The molecule has 0 saturated carbocycles. The van der Waals surface area contributed by atoms with Gasteiger partial charge in [0.05, 0.1) is 22.9 Å². The Labute approximate surface area is 210 Å². The maximum atomic E-state index is 12.8. The van der Waals surface area contributed by atoms with E-state index in [4.69, 9.17) is 22.1 Å². The van der Waals surface area contributed by atoms with Crippen LogP contribution in [0.25, 0.3) is 23.0 Å². The molecule has 5 nitrogen and oxygen atoms in total. The molecule has 1 amide bonds. The summed E-state index contributed by atoms with van der Waals surface area (Å²) in [6.45, 7) is 5.43. The topological polar surface area (TPSA) is 47.4 Å². The Hall–Kier alpha value is -2.90. The number of ether oxygens (including phenoxy) is 1. The lowest BCUT2D eigenvalue weighted by molar-refractivity contribution is -0.121. The van der Waals surface area contributed by atoms with Gasteiger partial charge in [0.15, 0.2) is 0 Å². The Morgan fingerprint density at radius 3 is 2.47 bits per heavy atom. The minimum Gasteiger partial charge on any atom is -0.494 e. The predicted octanol–water partition coefficient (Wildman–Crippen LogP) is 6.72. The number of hydrogen-bond acceptors (Lipinski definition) is 5. The van der Waals surface area contributed by atoms with Crippen molar-refractivity contribution in [2.75, 3.05) is 13.2 Å². The zero-order valence-electron chi connectivity index (χ0n) is 19.6. The van der Waals surface area contributed by atoms with Crippen molar-refractivity contribution >= 4 is 40.3 Å². The molecule has 0 spiro atoms. The molecule has 1 aliphatic rings. The average molecular weight is 492 g/mol. The molecule has 3 aromatic rings. The number of thiocarbonyl (C=S) groups is 1. The first kappa shape index (κ1) is 24.2. The quantitative estimate of drug-likeness (QED) is 0.179. The summed E-state index contributed by atoms with van der Waals surface area (Å²) in [4.78, 5) is 15.0. The molecule has 0 radical (unpaired) electrons. The Morgan fingerprint density at radius 2 is 1.79 bits per heavy atom. The van der Waals surface area contributed by atoms with E-state index in [2.05, 4.69) is 6.92 Å². The number of unbranched alkanes of at least 4 members (excludes halogenated alkanes) is 3. The van der Waals surface area contributed by atoms with Gasteiger partial charge in [0, 0.05) is 23.9 Å². The van der Waals surface area contributed by atoms with Gasteiger partial charge in [0.2, 0.25) is 0 Å². The largest absolute Gasteiger partial charge is 0.494 e. The maximum absolute atomic E-state index is 12.8. The number of nitrogens with zero attached hydrogens (tertiary/aromatic N) is 3. The molecule has 1 fully saturated rings. The number of thioether (sulfide) groups is 1. The van der Waals surface area contributed by atoms with Crippen molar-refractivity contribution in [3.8, 4) is 22.7 Å². The standard InChI is InChI=1S/C27H29N3O2S2/c1-3-5-6-10-17-32-23-15-13-20(14-16-23)25-21(18-24-26(31)29(4-2)27(33)34-24)19-30(28-25)22-11-8-7-9-12-22/h7-9,11-16,18-19H,3-6,10,17H2,1-2H3/b24-18+. The minimum atomic E-state index is -0.0530. The van der Waals surface area contributed by atoms with Gasteiger partial charge in [-0.25, -0.2) is 4.68 Å². The predicted molar refractivity (Wildman–Crippen MR) is 144 cm³/mol. The van der Waals surface area contributed by atoms with Crippen LogP contribution in [-0.2, 0) is 4.79 Å². The summed E-state index contributed by atoms with van der Waals surface area (Å²) in [5.41, 5.74) is 3.59. The highest BCUT2D eigenvalue weighted by atomic mass is 32.2. The van der Waals surface area contributed by atoms with Crippen LogP contribution in [0, 0.1) is 0 Å². The Bertz CT molecular complexity index is 1170. The third-order valence-electron chi connectivity index (χ3n) is 5.63. The molecule has 0 unspecified atom stereocenters. The van der Waals surface area contributed by atoms with Gasteiger partial charge >= 0.3 is 0 Å². The Morgan fingerprint density at radius 1 is 1.03 bits per heavy atom. The number of hydrogen-bond donors (Lipinski definition) is 0. The molecule has 34 heavy (non-hydrogen) atoms. The summed E-state index contributed by atoms with van der Waals surface area (Å²) in [7, 11) is 0. The van der Waals surface area contributed by atoms with E-state index in [1.54, 1.807) is 4.90 Å². The molecule has 1 saturated heterocycles. The molecule has 0 atom stereocenters. The van der Waals surface area contributed by atoms with Crippen molar-refractivity contribution in [3.63, 3.8) is 0 Å². The molecule has 0 aliphatic carbocycles. The molecular weight excluding hydrogens is 462 g/mol. The van der Waals surface area contributed by atoms with Gasteiger partial charge in [-0.3, -0.25) is 9.69 Å². The van der Waals surface area contributed by atoms with Gasteiger partial charge in [-0.15, -0.1) is 0 Å². The molecule has 7 heteroatoms. The van der Waals surface area contributed by atoms with Crippen molar-refractivity contribution in [2.45, 2.75) is 39.5 Å². The van der Waals surface area contributed by atoms with Gasteiger partial charge in [-0.05, 0) is 55.8 Å².